The van der Waals surface area contributed by atoms with Crippen molar-refractivity contribution in [3.63, 3.8) is 0 Å². The molecule has 0 aliphatic carbocycles. The lowest BCUT2D eigenvalue weighted by Crippen LogP contribution is -2.25. The van der Waals surface area contributed by atoms with Crippen molar-refractivity contribution in [2.45, 2.75) is 52.9 Å². The molecule has 0 aliphatic rings. The number of unbranched alkanes of at least 4 members (excludes halogenated alkanes) is 1. The van der Waals surface area contributed by atoms with Crippen LogP contribution in [0.15, 0.2) is 0 Å². The number of hydrogen-bond acceptors (Lipinski definition) is 2. The van der Waals surface area contributed by atoms with Crippen LogP contribution in [0.5, 0.6) is 0 Å². The van der Waals surface area contributed by atoms with E-state index in [-0.39, 0.29) is 5.91 Å². The third-order valence-corrected chi connectivity index (χ3v) is 3.22. The summed E-state index contributed by atoms with van der Waals surface area (Å²) in [5, 5.41) is 0. The van der Waals surface area contributed by atoms with Gasteiger partial charge >= 0.3 is 0 Å². The lowest BCUT2D eigenvalue weighted by Gasteiger charge is -2.16. The Morgan fingerprint density at radius 3 is 2.53 bits per heavy atom. The van der Waals surface area contributed by atoms with Gasteiger partial charge in [-0.15, -0.1) is 0 Å². The van der Waals surface area contributed by atoms with Crippen LogP contribution < -0.4 is 0 Å². The molecule has 1 unspecified atom stereocenters. The fourth-order valence-electron chi connectivity index (χ4n) is 1.71. The number of rotatable bonds is 10. The van der Waals surface area contributed by atoms with Crippen molar-refractivity contribution in [3.8, 4) is 0 Å². The van der Waals surface area contributed by atoms with Crippen molar-refractivity contribution >= 4 is 5.91 Å². The van der Waals surface area contributed by atoms with Gasteiger partial charge in [-0.3, -0.25) is 4.79 Å². The molecule has 0 bridgehead atoms. The van der Waals surface area contributed by atoms with Gasteiger partial charge in [0.05, 0.1) is 0 Å². The number of nitrogens with zero attached hydrogens (tertiary/aromatic N) is 1. The van der Waals surface area contributed by atoms with E-state index < -0.39 is 0 Å². The van der Waals surface area contributed by atoms with Crippen LogP contribution in [0.2, 0.25) is 0 Å². The van der Waals surface area contributed by atoms with Crippen LogP contribution in [0.3, 0.4) is 0 Å². The largest absolute Gasteiger partial charge is 0.381 e. The highest BCUT2D eigenvalue weighted by Gasteiger charge is 2.06. The van der Waals surface area contributed by atoms with Crippen molar-refractivity contribution in [1.82, 2.24) is 4.90 Å². The molecule has 0 N–H and O–H groups in total. The molecule has 0 rings (SSSR count). The number of carbonyl (C=O) groups is 1. The van der Waals surface area contributed by atoms with E-state index >= 15 is 0 Å². The first-order valence-corrected chi connectivity index (χ1v) is 6.91. The molecule has 0 fully saturated rings. The average molecular weight is 243 g/mol. The molecule has 102 valence electrons. The zero-order chi connectivity index (χ0) is 13.1. The summed E-state index contributed by atoms with van der Waals surface area (Å²) >= 11 is 0. The lowest BCUT2D eigenvalue weighted by molar-refractivity contribution is -0.127. The second kappa shape index (κ2) is 10.6. The Kier molecular flexibility index (Phi) is 10.2. The van der Waals surface area contributed by atoms with Crippen LogP contribution in [-0.2, 0) is 9.53 Å². The Morgan fingerprint density at radius 1 is 1.29 bits per heavy atom. The van der Waals surface area contributed by atoms with E-state index in [1.807, 2.05) is 7.05 Å². The van der Waals surface area contributed by atoms with E-state index in [0.29, 0.717) is 5.92 Å². The van der Waals surface area contributed by atoms with Gasteiger partial charge in [0.15, 0.2) is 0 Å². The van der Waals surface area contributed by atoms with Crippen molar-refractivity contribution in [1.29, 1.82) is 0 Å². The zero-order valence-corrected chi connectivity index (χ0v) is 12.0. The van der Waals surface area contributed by atoms with Gasteiger partial charge in [-0.05, 0) is 18.8 Å². The predicted octanol–water partition coefficient (Wildman–Crippen LogP) is 3.09. The molecule has 1 atom stereocenters. The van der Waals surface area contributed by atoms with E-state index in [2.05, 4.69) is 13.8 Å². The molecule has 0 spiro atoms. The zero-order valence-electron chi connectivity index (χ0n) is 12.0. The number of carbonyl (C=O) groups excluding carboxylic acids is 1. The summed E-state index contributed by atoms with van der Waals surface area (Å²) in [5.41, 5.74) is 0. The fourth-order valence-corrected chi connectivity index (χ4v) is 1.71. The second-order valence-corrected chi connectivity index (χ2v) is 4.79. The third-order valence-electron chi connectivity index (χ3n) is 3.22. The molecular formula is C14H29NO2. The van der Waals surface area contributed by atoms with Crippen LogP contribution in [0, 0.1) is 5.92 Å². The van der Waals surface area contributed by atoms with Gasteiger partial charge in [0.2, 0.25) is 5.91 Å². The van der Waals surface area contributed by atoms with Gasteiger partial charge in [-0.1, -0.05) is 33.1 Å². The van der Waals surface area contributed by atoms with Crippen LogP contribution in [-0.4, -0.2) is 37.6 Å². The topological polar surface area (TPSA) is 29.5 Å². The van der Waals surface area contributed by atoms with E-state index in [1.54, 1.807) is 11.8 Å². The highest BCUT2D eigenvalue weighted by molar-refractivity contribution is 5.72. The highest BCUT2D eigenvalue weighted by Crippen LogP contribution is 2.12. The molecule has 0 saturated heterocycles. The SMILES string of the molecule is CCCCC(CC)COCCCN(C)C(C)=O. The first kappa shape index (κ1) is 16.4. The Labute approximate surface area is 107 Å². The van der Waals surface area contributed by atoms with Crippen molar-refractivity contribution in [3.05, 3.63) is 0 Å². The maximum Gasteiger partial charge on any atom is 0.219 e. The summed E-state index contributed by atoms with van der Waals surface area (Å²) in [4.78, 5) is 12.7. The van der Waals surface area contributed by atoms with Gasteiger partial charge in [-0.25, -0.2) is 0 Å². The number of ether oxygens (including phenoxy) is 1. The monoisotopic (exact) mass is 243 g/mol. The molecule has 3 heteroatoms. The number of amides is 1. The van der Waals surface area contributed by atoms with Crippen molar-refractivity contribution in [2.75, 3.05) is 26.8 Å². The lowest BCUT2D eigenvalue weighted by atomic mass is 10.0. The van der Waals surface area contributed by atoms with E-state index in [0.717, 1.165) is 26.2 Å². The first-order chi connectivity index (χ1) is 8.11. The molecular weight excluding hydrogens is 214 g/mol. The number of hydrogen-bond donors (Lipinski definition) is 0. The summed E-state index contributed by atoms with van der Waals surface area (Å²) in [7, 11) is 1.83. The Morgan fingerprint density at radius 2 is 2.00 bits per heavy atom. The first-order valence-electron chi connectivity index (χ1n) is 6.91. The molecule has 0 heterocycles. The maximum absolute atomic E-state index is 11.0. The van der Waals surface area contributed by atoms with E-state index in [1.165, 1.54) is 25.7 Å². The standard InChI is InChI=1S/C14H29NO2/c1-5-7-9-14(6-2)12-17-11-8-10-15(4)13(3)16/h14H,5-12H2,1-4H3. The minimum atomic E-state index is 0.124. The Balaban J connectivity index is 3.45. The highest BCUT2D eigenvalue weighted by atomic mass is 16.5. The summed E-state index contributed by atoms with van der Waals surface area (Å²) < 4.78 is 5.68. The van der Waals surface area contributed by atoms with Gasteiger partial charge in [0, 0.05) is 33.7 Å². The molecule has 0 aromatic carbocycles. The summed E-state index contributed by atoms with van der Waals surface area (Å²) in [6.45, 7) is 8.48. The fraction of sp³-hybridized carbons (Fsp3) is 0.929. The molecule has 1 amide bonds. The Hall–Kier alpha value is -0.570. The van der Waals surface area contributed by atoms with Crippen LogP contribution in [0.4, 0.5) is 0 Å². The molecule has 17 heavy (non-hydrogen) atoms. The van der Waals surface area contributed by atoms with E-state index in [9.17, 15) is 4.79 Å². The summed E-state index contributed by atoms with van der Waals surface area (Å²) in [5.74, 6) is 0.833. The van der Waals surface area contributed by atoms with E-state index in [4.69, 9.17) is 4.74 Å². The minimum absolute atomic E-state index is 0.124. The maximum atomic E-state index is 11.0. The minimum Gasteiger partial charge on any atom is -0.381 e. The van der Waals surface area contributed by atoms with Gasteiger partial charge in [-0.2, -0.15) is 0 Å². The summed E-state index contributed by atoms with van der Waals surface area (Å²) in [6.07, 6.45) is 5.98. The van der Waals surface area contributed by atoms with Crippen molar-refractivity contribution in [2.24, 2.45) is 5.92 Å². The quantitative estimate of drug-likeness (QED) is 0.552. The average Bonchev–Trinajstić information content (AvgIpc) is 2.32. The van der Waals surface area contributed by atoms with Gasteiger partial charge < -0.3 is 9.64 Å². The third kappa shape index (κ3) is 9.16. The summed E-state index contributed by atoms with van der Waals surface area (Å²) in [6, 6.07) is 0. The van der Waals surface area contributed by atoms with Crippen LogP contribution in [0.25, 0.3) is 0 Å². The molecule has 0 saturated carbocycles. The smallest absolute Gasteiger partial charge is 0.219 e. The Bertz CT molecular complexity index is 195. The molecule has 0 aliphatic heterocycles. The molecule has 0 radical (unpaired) electrons. The van der Waals surface area contributed by atoms with Gasteiger partial charge in [0.1, 0.15) is 0 Å². The predicted molar refractivity (Wildman–Crippen MR) is 72.1 cm³/mol. The molecule has 3 nitrogen and oxygen atoms in total. The van der Waals surface area contributed by atoms with Gasteiger partial charge in [0.25, 0.3) is 0 Å². The van der Waals surface area contributed by atoms with Crippen LogP contribution in [0.1, 0.15) is 52.9 Å². The molecule has 0 aromatic rings. The van der Waals surface area contributed by atoms with Crippen molar-refractivity contribution < 1.29 is 9.53 Å². The second-order valence-electron chi connectivity index (χ2n) is 4.79. The molecule has 0 aromatic heterocycles. The normalized spacial score (nSPS) is 12.5. The van der Waals surface area contributed by atoms with Crippen LogP contribution >= 0.6 is 0 Å².